The molecule has 2 heteroatoms. The van der Waals surface area contributed by atoms with Gasteiger partial charge in [0.25, 0.3) is 0 Å². The van der Waals surface area contributed by atoms with Crippen molar-refractivity contribution < 1.29 is 10.2 Å². The summed E-state index contributed by atoms with van der Waals surface area (Å²) < 4.78 is 0. The largest absolute Gasteiger partial charge is 0.507 e. The molecule has 1 fully saturated rings. The molecular weight excluding hydrogens is 440 g/mol. The van der Waals surface area contributed by atoms with Crippen LogP contribution in [0.5, 0.6) is 11.5 Å². The molecule has 0 aliphatic heterocycles. The minimum absolute atomic E-state index is 0.180. The first kappa shape index (κ1) is 27.6. The standard InChI is InChI=1S/C34H44O2/c1-22(2)14-26-18-30(19-27(32(26)35)15-23(3)4)34(12-10-9-11-13-34)31-20-28(16-24(5)6)33(36)29(21-31)17-25(7)8/h18-21,35-36H,1,3,5,7,9-17H2,2,4,6,8H3. The van der Waals surface area contributed by atoms with E-state index in [1.54, 1.807) is 0 Å². The SMILES string of the molecule is C=C(C)Cc1cc(C2(c3cc(CC(=C)C)c(O)c(CC(=C)C)c3)CCCCC2)cc(CC(=C)C)c1O. The maximum absolute atomic E-state index is 11.2. The Bertz CT molecular complexity index is 1030. The monoisotopic (exact) mass is 484 g/mol. The van der Waals surface area contributed by atoms with Crippen molar-refractivity contribution in [1.82, 2.24) is 0 Å². The van der Waals surface area contributed by atoms with Gasteiger partial charge in [-0.05, 0) is 99.6 Å². The van der Waals surface area contributed by atoms with E-state index in [1.165, 1.54) is 17.5 Å². The second-order valence-corrected chi connectivity index (χ2v) is 11.5. The number of hydrogen-bond acceptors (Lipinski definition) is 2. The van der Waals surface area contributed by atoms with Crippen molar-refractivity contribution in [1.29, 1.82) is 0 Å². The highest BCUT2D eigenvalue weighted by molar-refractivity contribution is 5.55. The van der Waals surface area contributed by atoms with E-state index in [-0.39, 0.29) is 5.41 Å². The van der Waals surface area contributed by atoms with Crippen molar-refractivity contribution in [3.8, 4) is 11.5 Å². The van der Waals surface area contributed by atoms with Crippen LogP contribution in [0.1, 0.15) is 93.2 Å². The average Bonchev–Trinajstić information content (AvgIpc) is 2.78. The van der Waals surface area contributed by atoms with Crippen LogP contribution in [0, 0.1) is 0 Å². The minimum atomic E-state index is -0.180. The molecule has 1 aliphatic carbocycles. The molecule has 0 atom stereocenters. The van der Waals surface area contributed by atoms with Crippen molar-refractivity contribution in [2.24, 2.45) is 0 Å². The predicted molar refractivity (Wildman–Crippen MR) is 154 cm³/mol. The van der Waals surface area contributed by atoms with E-state index >= 15 is 0 Å². The van der Waals surface area contributed by atoms with E-state index in [0.717, 1.165) is 70.2 Å². The van der Waals surface area contributed by atoms with Crippen molar-refractivity contribution in [2.75, 3.05) is 0 Å². The Morgan fingerprint density at radius 1 is 0.583 bits per heavy atom. The third-order valence-electron chi connectivity index (χ3n) is 7.32. The second kappa shape index (κ2) is 11.4. The highest BCUT2D eigenvalue weighted by atomic mass is 16.3. The summed E-state index contributed by atoms with van der Waals surface area (Å²) in [5.41, 5.74) is 10.2. The second-order valence-electron chi connectivity index (χ2n) is 11.5. The summed E-state index contributed by atoms with van der Waals surface area (Å²) in [5, 5.41) is 22.3. The first-order valence-electron chi connectivity index (χ1n) is 13.2. The van der Waals surface area contributed by atoms with Gasteiger partial charge in [-0.15, -0.1) is 0 Å². The van der Waals surface area contributed by atoms with Crippen molar-refractivity contribution in [3.63, 3.8) is 0 Å². The van der Waals surface area contributed by atoms with Gasteiger partial charge in [-0.25, -0.2) is 0 Å². The van der Waals surface area contributed by atoms with Gasteiger partial charge in [0.2, 0.25) is 0 Å². The molecule has 0 aromatic heterocycles. The van der Waals surface area contributed by atoms with Crippen LogP contribution in [0.3, 0.4) is 0 Å². The van der Waals surface area contributed by atoms with Crippen LogP contribution in [0.15, 0.2) is 72.9 Å². The molecule has 1 saturated carbocycles. The average molecular weight is 485 g/mol. The fourth-order valence-electron chi connectivity index (χ4n) is 5.81. The molecule has 0 heterocycles. The van der Waals surface area contributed by atoms with Gasteiger partial charge in [0.15, 0.2) is 0 Å². The summed E-state index contributed by atoms with van der Waals surface area (Å²) in [4.78, 5) is 0. The molecule has 0 spiro atoms. The van der Waals surface area contributed by atoms with Gasteiger partial charge in [-0.1, -0.05) is 92.1 Å². The summed E-state index contributed by atoms with van der Waals surface area (Å²) in [6.07, 6.45) is 8.21. The lowest BCUT2D eigenvalue weighted by atomic mass is 9.64. The van der Waals surface area contributed by atoms with Crippen molar-refractivity contribution in [2.45, 2.75) is 90.9 Å². The van der Waals surface area contributed by atoms with Crippen molar-refractivity contribution >= 4 is 0 Å². The molecule has 2 N–H and O–H groups in total. The van der Waals surface area contributed by atoms with Gasteiger partial charge in [-0.3, -0.25) is 0 Å². The van der Waals surface area contributed by atoms with E-state index < -0.39 is 0 Å². The van der Waals surface area contributed by atoms with Gasteiger partial charge in [0.1, 0.15) is 11.5 Å². The Morgan fingerprint density at radius 2 is 0.861 bits per heavy atom. The molecule has 0 unspecified atom stereocenters. The lowest BCUT2D eigenvalue weighted by Crippen LogP contribution is -2.31. The number of hydrogen-bond donors (Lipinski definition) is 2. The lowest BCUT2D eigenvalue weighted by molar-refractivity contribution is 0.344. The van der Waals surface area contributed by atoms with Gasteiger partial charge in [0, 0.05) is 5.41 Å². The molecule has 2 aromatic carbocycles. The Hall–Kier alpha value is -3.00. The van der Waals surface area contributed by atoms with E-state index in [2.05, 4.69) is 50.6 Å². The Balaban J connectivity index is 2.31. The van der Waals surface area contributed by atoms with Crippen LogP contribution in [0.25, 0.3) is 0 Å². The van der Waals surface area contributed by atoms with Crippen molar-refractivity contribution in [3.05, 3.63) is 106 Å². The predicted octanol–water partition coefficient (Wildman–Crippen LogP) is 8.82. The molecule has 1 aliphatic rings. The van der Waals surface area contributed by atoms with E-state index in [9.17, 15) is 10.2 Å². The molecule has 0 saturated heterocycles. The Kier molecular flexibility index (Phi) is 8.71. The first-order chi connectivity index (χ1) is 16.9. The zero-order valence-electron chi connectivity index (χ0n) is 22.9. The minimum Gasteiger partial charge on any atom is -0.507 e. The van der Waals surface area contributed by atoms with Crippen LogP contribution >= 0.6 is 0 Å². The number of aromatic hydroxyl groups is 2. The van der Waals surface area contributed by atoms with Gasteiger partial charge in [0.05, 0.1) is 0 Å². The van der Waals surface area contributed by atoms with Crippen LogP contribution < -0.4 is 0 Å². The van der Waals surface area contributed by atoms with Gasteiger partial charge in [-0.2, -0.15) is 0 Å². The van der Waals surface area contributed by atoms with Crippen LogP contribution in [0.4, 0.5) is 0 Å². The number of phenolic OH excluding ortho intramolecular Hbond substituents is 2. The lowest BCUT2D eigenvalue weighted by Gasteiger charge is -2.40. The van der Waals surface area contributed by atoms with Crippen LogP contribution in [-0.2, 0) is 31.1 Å². The smallest absolute Gasteiger partial charge is 0.122 e. The highest BCUT2D eigenvalue weighted by Gasteiger charge is 2.37. The molecule has 36 heavy (non-hydrogen) atoms. The maximum Gasteiger partial charge on any atom is 0.122 e. The Labute approximate surface area is 218 Å². The van der Waals surface area contributed by atoms with E-state index in [4.69, 9.17) is 0 Å². The van der Waals surface area contributed by atoms with E-state index in [1.807, 2.05) is 27.7 Å². The normalized spacial score (nSPS) is 14.9. The third-order valence-corrected chi connectivity index (χ3v) is 7.32. The number of benzene rings is 2. The summed E-state index contributed by atoms with van der Waals surface area (Å²) >= 11 is 0. The fourth-order valence-corrected chi connectivity index (χ4v) is 5.81. The molecular formula is C34H44O2. The fraction of sp³-hybridized carbons (Fsp3) is 0.412. The van der Waals surface area contributed by atoms with Crippen LogP contribution in [0.2, 0.25) is 0 Å². The number of phenols is 2. The molecule has 0 amide bonds. The topological polar surface area (TPSA) is 40.5 Å². The molecule has 3 rings (SSSR count). The molecule has 2 nitrogen and oxygen atoms in total. The number of allylic oxidation sites excluding steroid dienone is 4. The molecule has 2 aromatic rings. The molecule has 192 valence electrons. The van der Waals surface area contributed by atoms with Gasteiger partial charge < -0.3 is 10.2 Å². The summed E-state index contributed by atoms with van der Waals surface area (Å²) in [6.45, 7) is 24.5. The van der Waals surface area contributed by atoms with Crippen LogP contribution in [-0.4, -0.2) is 10.2 Å². The first-order valence-corrected chi connectivity index (χ1v) is 13.2. The Morgan fingerprint density at radius 3 is 1.11 bits per heavy atom. The van der Waals surface area contributed by atoms with Gasteiger partial charge >= 0.3 is 0 Å². The summed E-state index contributed by atoms with van der Waals surface area (Å²) in [6, 6.07) is 8.84. The number of rotatable bonds is 10. The highest BCUT2D eigenvalue weighted by Crippen LogP contribution is 2.48. The molecule has 0 bridgehead atoms. The summed E-state index contributed by atoms with van der Waals surface area (Å²) in [5.74, 6) is 0.736. The third kappa shape index (κ3) is 6.22. The maximum atomic E-state index is 11.2. The summed E-state index contributed by atoms with van der Waals surface area (Å²) in [7, 11) is 0. The van der Waals surface area contributed by atoms with E-state index in [0.29, 0.717) is 37.2 Å². The quantitative estimate of drug-likeness (QED) is 0.331. The zero-order valence-corrected chi connectivity index (χ0v) is 22.9. The molecule has 0 radical (unpaired) electrons. The zero-order chi connectivity index (χ0) is 26.6.